The number of carboxylic acid groups (broad SMARTS) is 1. The van der Waals surface area contributed by atoms with E-state index in [9.17, 15) is 4.79 Å². The summed E-state index contributed by atoms with van der Waals surface area (Å²) in [5.41, 5.74) is 3.00. The van der Waals surface area contributed by atoms with Gasteiger partial charge in [-0.2, -0.15) is 0 Å². The smallest absolute Gasteiger partial charge is 0.354 e. The van der Waals surface area contributed by atoms with Crippen molar-refractivity contribution >= 4 is 16.9 Å². The highest BCUT2D eigenvalue weighted by Gasteiger charge is 2.09. The van der Waals surface area contributed by atoms with E-state index in [-0.39, 0.29) is 5.69 Å². The third kappa shape index (κ3) is 1.76. The van der Waals surface area contributed by atoms with Crippen LogP contribution in [0.1, 0.15) is 28.5 Å². The molecule has 82 valence electrons. The third-order valence-electron chi connectivity index (χ3n) is 2.65. The zero-order chi connectivity index (χ0) is 11.7. The second-order valence-corrected chi connectivity index (χ2v) is 3.85. The van der Waals surface area contributed by atoms with Gasteiger partial charge in [-0.3, -0.25) is 0 Å². The molecule has 2 rings (SSSR count). The Morgan fingerprint density at radius 2 is 2.12 bits per heavy atom. The minimum Gasteiger partial charge on any atom is -0.477 e. The molecule has 0 saturated heterocycles. The predicted octanol–water partition coefficient (Wildman–Crippen LogP) is 2.80. The number of aryl methyl sites for hydroxylation is 2. The molecule has 16 heavy (non-hydrogen) atoms. The first-order chi connectivity index (χ1) is 7.61. The van der Waals surface area contributed by atoms with Crippen molar-refractivity contribution in [3.63, 3.8) is 0 Å². The highest BCUT2D eigenvalue weighted by atomic mass is 16.4. The molecule has 3 heteroatoms. The van der Waals surface area contributed by atoms with Gasteiger partial charge in [0.25, 0.3) is 0 Å². The van der Waals surface area contributed by atoms with E-state index >= 15 is 0 Å². The quantitative estimate of drug-likeness (QED) is 0.838. The largest absolute Gasteiger partial charge is 0.477 e. The van der Waals surface area contributed by atoms with Gasteiger partial charge in [0.15, 0.2) is 0 Å². The minimum absolute atomic E-state index is 0.120. The molecular formula is C13H13NO2. The second-order valence-electron chi connectivity index (χ2n) is 3.85. The summed E-state index contributed by atoms with van der Waals surface area (Å²) in [6, 6.07) is 7.59. The second kappa shape index (κ2) is 3.93. The normalized spacial score (nSPS) is 10.6. The molecule has 0 bridgehead atoms. The fraction of sp³-hybridized carbons (Fsp3) is 0.231. The maximum Gasteiger partial charge on any atom is 0.354 e. The highest BCUT2D eigenvalue weighted by Crippen LogP contribution is 2.20. The molecular weight excluding hydrogens is 202 g/mol. The van der Waals surface area contributed by atoms with Crippen LogP contribution >= 0.6 is 0 Å². The number of carbonyl (C=O) groups is 1. The van der Waals surface area contributed by atoms with Gasteiger partial charge < -0.3 is 5.11 Å². The van der Waals surface area contributed by atoms with E-state index < -0.39 is 5.97 Å². The van der Waals surface area contributed by atoms with Crippen LogP contribution in [0.2, 0.25) is 0 Å². The van der Waals surface area contributed by atoms with Crippen LogP contribution in [0.3, 0.4) is 0 Å². The summed E-state index contributed by atoms with van der Waals surface area (Å²) in [4.78, 5) is 15.1. The van der Waals surface area contributed by atoms with E-state index in [1.54, 1.807) is 6.07 Å². The zero-order valence-electron chi connectivity index (χ0n) is 9.32. The van der Waals surface area contributed by atoms with Gasteiger partial charge in [-0.15, -0.1) is 0 Å². The molecule has 0 radical (unpaired) electrons. The standard InChI is InChI=1S/C13H13NO2/c1-3-9-7-12(13(15)16)14-11-6-8(2)4-5-10(9)11/h4-7H,3H2,1-2H3,(H,15,16). The van der Waals surface area contributed by atoms with Gasteiger partial charge in [-0.05, 0) is 36.6 Å². The van der Waals surface area contributed by atoms with Crippen LogP contribution in [0.5, 0.6) is 0 Å². The highest BCUT2D eigenvalue weighted by molar-refractivity contribution is 5.91. The van der Waals surface area contributed by atoms with Crippen molar-refractivity contribution in [2.24, 2.45) is 0 Å². The lowest BCUT2D eigenvalue weighted by Crippen LogP contribution is -2.02. The maximum absolute atomic E-state index is 10.9. The van der Waals surface area contributed by atoms with Gasteiger partial charge >= 0.3 is 5.97 Å². The SMILES string of the molecule is CCc1cc(C(=O)O)nc2cc(C)ccc12. The molecule has 0 saturated carbocycles. The van der Waals surface area contributed by atoms with Crippen molar-refractivity contribution in [3.05, 3.63) is 41.1 Å². The number of hydrogen-bond donors (Lipinski definition) is 1. The van der Waals surface area contributed by atoms with Gasteiger partial charge in [0.05, 0.1) is 5.52 Å². The Morgan fingerprint density at radius 3 is 2.75 bits per heavy atom. The lowest BCUT2D eigenvalue weighted by molar-refractivity contribution is 0.0691. The molecule has 0 aliphatic rings. The molecule has 0 spiro atoms. The fourth-order valence-electron chi connectivity index (χ4n) is 1.81. The topological polar surface area (TPSA) is 50.2 Å². The van der Waals surface area contributed by atoms with Gasteiger partial charge in [0.2, 0.25) is 0 Å². The number of aromatic nitrogens is 1. The minimum atomic E-state index is -0.974. The monoisotopic (exact) mass is 215 g/mol. The van der Waals surface area contributed by atoms with E-state index in [1.807, 2.05) is 32.0 Å². The maximum atomic E-state index is 10.9. The zero-order valence-corrected chi connectivity index (χ0v) is 9.32. The van der Waals surface area contributed by atoms with Crippen molar-refractivity contribution in [2.45, 2.75) is 20.3 Å². The summed E-state index contributed by atoms with van der Waals surface area (Å²) in [5.74, 6) is -0.974. The van der Waals surface area contributed by atoms with Crippen molar-refractivity contribution in [2.75, 3.05) is 0 Å². The van der Waals surface area contributed by atoms with E-state index in [1.165, 1.54) is 0 Å². The predicted molar refractivity (Wildman–Crippen MR) is 62.8 cm³/mol. The molecule has 0 fully saturated rings. The van der Waals surface area contributed by atoms with Crippen molar-refractivity contribution < 1.29 is 9.90 Å². The first-order valence-corrected chi connectivity index (χ1v) is 5.25. The van der Waals surface area contributed by atoms with Gasteiger partial charge in [-0.25, -0.2) is 9.78 Å². The van der Waals surface area contributed by atoms with Crippen molar-refractivity contribution in [1.82, 2.24) is 4.98 Å². The van der Waals surface area contributed by atoms with E-state index in [0.29, 0.717) is 0 Å². The number of carboxylic acids is 1. The summed E-state index contributed by atoms with van der Waals surface area (Å²) in [5, 5.41) is 10.0. The van der Waals surface area contributed by atoms with E-state index in [4.69, 9.17) is 5.11 Å². The lowest BCUT2D eigenvalue weighted by Gasteiger charge is -2.06. The van der Waals surface area contributed by atoms with E-state index in [0.717, 1.165) is 28.5 Å². The Morgan fingerprint density at radius 1 is 1.38 bits per heavy atom. The Kier molecular flexibility index (Phi) is 2.60. The van der Waals surface area contributed by atoms with Gasteiger partial charge in [0, 0.05) is 5.39 Å². The molecule has 2 aromatic rings. The summed E-state index contributed by atoms with van der Waals surface area (Å²) in [6.07, 6.45) is 0.808. The fourth-order valence-corrected chi connectivity index (χ4v) is 1.81. The summed E-state index contributed by atoms with van der Waals surface area (Å²) in [6.45, 7) is 3.99. The number of pyridine rings is 1. The van der Waals surface area contributed by atoms with Crippen LogP contribution in [-0.2, 0) is 6.42 Å². The number of hydrogen-bond acceptors (Lipinski definition) is 2. The Hall–Kier alpha value is -1.90. The van der Waals surface area contributed by atoms with Gasteiger partial charge in [-0.1, -0.05) is 19.1 Å². The van der Waals surface area contributed by atoms with E-state index in [2.05, 4.69) is 4.98 Å². The lowest BCUT2D eigenvalue weighted by atomic mass is 10.0. The Bertz CT molecular complexity index is 561. The van der Waals surface area contributed by atoms with Crippen LogP contribution in [-0.4, -0.2) is 16.1 Å². The molecule has 1 heterocycles. The molecule has 0 amide bonds. The van der Waals surface area contributed by atoms with Crippen LogP contribution in [0, 0.1) is 6.92 Å². The molecule has 0 aliphatic heterocycles. The molecule has 0 unspecified atom stereocenters. The van der Waals surface area contributed by atoms with Crippen LogP contribution in [0.15, 0.2) is 24.3 Å². The van der Waals surface area contributed by atoms with Gasteiger partial charge in [0.1, 0.15) is 5.69 Å². The average molecular weight is 215 g/mol. The number of rotatable bonds is 2. The molecule has 1 aromatic heterocycles. The molecule has 0 atom stereocenters. The number of aromatic carboxylic acids is 1. The molecule has 1 N–H and O–H groups in total. The Labute approximate surface area is 93.7 Å². The first kappa shape index (κ1) is 10.6. The Balaban J connectivity index is 2.78. The molecule has 1 aromatic carbocycles. The number of nitrogens with zero attached hydrogens (tertiary/aromatic N) is 1. The molecule has 3 nitrogen and oxygen atoms in total. The third-order valence-corrected chi connectivity index (χ3v) is 2.65. The number of fused-ring (bicyclic) bond motifs is 1. The molecule has 0 aliphatic carbocycles. The van der Waals surface area contributed by atoms with Crippen LogP contribution in [0.25, 0.3) is 10.9 Å². The summed E-state index contributed by atoms with van der Waals surface area (Å²) >= 11 is 0. The van der Waals surface area contributed by atoms with Crippen molar-refractivity contribution in [1.29, 1.82) is 0 Å². The summed E-state index contributed by atoms with van der Waals surface area (Å²) < 4.78 is 0. The summed E-state index contributed by atoms with van der Waals surface area (Å²) in [7, 11) is 0. The van der Waals surface area contributed by atoms with Crippen molar-refractivity contribution in [3.8, 4) is 0 Å². The van der Waals surface area contributed by atoms with Crippen LogP contribution in [0.4, 0.5) is 0 Å². The van der Waals surface area contributed by atoms with Crippen LogP contribution < -0.4 is 0 Å². The number of benzene rings is 1. The first-order valence-electron chi connectivity index (χ1n) is 5.25. The average Bonchev–Trinajstić information content (AvgIpc) is 2.26.